The van der Waals surface area contributed by atoms with Gasteiger partial charge in [0.05, 0.1) is 15.0 Å². The molecular formula is C15H16Cl3N5O3. The number of piperazine rings is 1. The van der Waals surface area contributed by atoms with Gasteiger partial charge in [-0.25, -0.2) is 4.68 Å². The summed E-state index contributed by atoms with van der Waals surface area (Å²) in [5, 5.41) is 18.5. The molecule has 8 nitrogen and oxygen atoms in total. The molecule has 11 heteroatoms. The number of nitrogens with one attached hydrogen (secondary N) is 1. The Morgan fingerprint density at radius 1 is 1.38 bits per heavy atom. The van der Waals surface area contributed by atoms with E-state index in [2.05, 4.69) is 10.4 Å². The van der Waals surface area contributed by atoms with Crippen LogP contribution in [0.4, 0.5) is 5.69 Å². The van der Waals surface area contributed by atoms with E-state index in [1.165, 1.54) is 16.8 Å². The molecule has 1 aromatic carbocycles. The number of nitro groups is 1. The standard InChI is InChI=1S/C15H15Cl2N5O3.ClH/c1-9-8-18-3-5-20(9)15(23)13-2-4-21(19-13)14-11(16)6-10(22(24)25)7-12(14)17;/h2,4,6-7,9,18H,3,5,8H2,1H3;1H. The number of carbonyl (C=O) groups is 1. The number of aromatic nitrogens is 2. The number of nitrogens with zero attached hydrogens (tertiary/aromatic N) is 4. The van der Waals surface area contributed by atoms with Crippen LogP contribution in [0, 0.1) is 10.1 Å². The number of nitro benzene ring substituents is 1. The number of hydrogen-bond acceptors (Lipinski definition) is 5. The Bertz CT molecular complexity index is 819. The molecular weight excluding hydrogens is 405 g/mol. The fraction of sp³-hybridized carbons (Fsp3) is 0.333. The van der Waals surface area contributed by atoms with Crippen molar-refractivity contribution < 1.29 is 9.72 Å². The average Bonchev–Trinajstić information content (AvgIpc) is 3.03. The van der Waals surface area contributed by atoms with Gasteiger partial charge in [-0.15, -0.1) is 12.4 Å². The Hall–Kier alpha value is -1.87. The van der Waals surface area contributed by atoms with Crippen LogP contribution in [0.2, 0.25) is 10.0 Å². The molecule has 2 aromatic rings. The van der Waals surface area contributed by atoms with E-state index < -0.39 is 4.92 Å². The topological polar surface area (TPSA) is 93.3 Å². The summed E-state index contributed by atoms with van der Waals surface area (Å²) < 4.78 is 1.36. The highest BCUT2D eigenvalue weighted by Crippen LogP contribution is 2.33. The molecule has 140 valence electrons. The van der Waals surface area contributed by atoms with Crippen molar-refractivity contribution in [3.8, 4) is 5.69 Å². The molecule has 1 atom stereocenters. The van der Waals surface area contributed by atoms with Crippen molar-refractivity contribution in [3.05, 3.63) is 50.2 Å². The van der Waals surface area contributed by atoms with E-state index in [0.717, 1.165) is 13.1 Å². The Balaban J connectivity index is 0.00000243. The molecule has 0 bridgehead atoms. The van der Waals surface area contributed by atoms with Gasteiger partial charge in [0, 0.05) is 44.0 Å². The van der Waals surface area contributed by atoms with Gasteiger partial charge in [-0.1, -0.05) is 23.2 Å². The third kappa shape index (κ3) is 3.93. The number of amides is 1. The van der Waals surface area contributed by atoms with Gasteiger partial charge in [0.2, 0.25) is 0 Å². The first kappa shape index (κ1) is 20.4. The van der Waals surface area contributed by atoms with Crippen molar-refractivity contribution in [2.24, 2.45) is 0 Å². The molecule has 1 unspecified atom stereocenters. The number of non-ortho nitro benzene ring substituents is 1. The van der Waals surface area contributed by atoms with Gasteiger partial charge in [0.15, 0.2) is 5.69 Å². The molecule has 1 amide bonds. The second-order valence-electron chi connectivity index (χ2n) is 5.71. The second-order valence-corrected chi connectivity index (χ2v) is 6.53. The average molecular weight is 421 g/mol. The minimum Gasteiger partial charge on any atom is -0.332 e. The summed E-state index contributed by atoms with van der Waals surface area (Å²) in [6.07, 6.45) is 1.55. The van der Waals surface area contributed by atoms with Gasteiger partial charge in [0.25, 0.3) is 11.6 Å². The van der Waals surface area contributed by atoms with Gasteiger partial charge in [0.1, 0.15) is 5.69 Å². The number of benzene rings is 1. The Labute approximate surface area is 165 Å². The van der Waals surface area contributed by atoms with Crippen LogP contribution >= 0.6 is 35.6 Å². The largest absolute Gasteiger partial charge is 0.332 e. The minimum absolute atomic E-state index is 0. The van der Waals surface area contributed by atoms with Crippen LogP contribution in [-0.2, 0) is 0 Å². The quantitative estimate of drug-likeness (QED) is 0.609. The normalized spacial score (nSPS) is 16.9. The highest BCUT2D eigenvalue weighted by molar-refractivity contribution is 6.38. The smallest absolute Gasteiger partial charge is 0.274 e. The van der Waals surface area contributed by atoms with Crippen molar-refractivity contribution >= 4 is 47.2 Å². The van der Waals surface area contributed by atoms with E-state index in [9.17, 15) is 14.9 Å². The number of halogens is 3. The van der Waals surface area contributed by atoms with Crippen LogP contribution in [0.1, 0.15) is 17.4 Å². The van der Waals surface area contributed by atoms with E-state index in [1.807, 2.05) is 6.92 Å². The fourth-order valence-electron chi connectivity index (χ4n) is 2.73. The van der Waals surface area contributed by atoms with Crippen molar-refractivity contribution in [2.75, 3.05) is 19.6 Å². The summed E-state index contributed by atoms with van der Waals surface area (Å²) in [5.74, 6) is -0.179. The summed E-state index contributed by atoms with van der Waals surface area (Å²) in [5.41, 5.74) is 0.345. The lowest BCUT2D eigenvalue weighted by Gasteiger charge is -2.33. The lowest BCUT2D eigenvalue weighted by molar-refractivity contribution is -0.384. The molecule has 1 saturated heterocycles. The molecule has 0 spiro atoms. The summed E-state index contributed by atoms with van der Waals surface area (Å²) in [6, 6.07) is 4.04. The van der Waals surface area contributed by atoms with E-state index in [-0.39, 0.29) is 45.8 Å². The van der Waals surface area contributed by atoms with E-state index >= 15 is 0 Å². The molecule has 1 aliphatic heterocycles. The Morgan fingerprint density at radius 3 is 2.62 bits per heavy atom. The van der Waals surface area contributed by atoms with E-state index in [4.69, 9.17) is 23.2 Å². The van der Waals surface area contributed by atoms with Crippen LogP contribution in [0.25, 0.3) is 5.69 Å². The Morgan fingerprint density at radius 2 is 2.04 bits per heavy atom. The molecule has 1 aliphatic rings. The van der Waals surface area contributed by atoms with Crippen molar-refractivity contribution in [3.63, 3.8) is 0 Å². The third-order valence-electron chi connectivity index (χ3n) is 4.01. The van der Waals surface area contributed by atoms with Gasteiger partial charge in [-0.05, 0) is 13.0 Å². The first-order chi connectivity index (χ1) is 11.9. The maximum absolute atomic E-state index is 12.6. The highest BCUT2D eigenvalue weighted by Gasteiger charge is 2.26. The monoisotopic (exact) mass is 419 g/mol. The van der Waals surface area contributed by atoms with Gasteiger partial charge in [-0.3, -0.25) is 14.9 Å². The summed E-state index contributed by atoms with van der Waals surface area (Å²) in [6.45, 7) is 4.03. The summed E-state index contributed by atoms with van der Waals surface area (Å²) >= 11 is 12.2. The molecule has 1 fully saturated rings. The van der Waals surface area contributed by atoms with Gasteiger partial charge < -0.3 is 10.2 Å². The molecule has 1 aromatic heterocycles. The molecule has 26 heavy (non-hydrogen) atoms. The summed E-state index contributed by atoms with van der Waals surface area (Å²) in [4.78, 5) is 24.7. The third-order valence-corrected chi connectivity index (χ3v) is 4.59. The van der Waals surface area contributed by atoms with Gasteiger partial charge in [-0.2, -0.15) is 5.10 Å². The van der Waals surface area contributed by atoms with Crippen molar-refractivity contribution in [1.82, 2.24) is 20.0 Å². The molecule has 3 rings (SSSR count). The highest BCUT2D eigenvalue weighted by atomic mass is 35.5. The first-order valence-corrected chi connectivity index (χ1v) is 8.35. The van der Waals surface area contributed by atoms with Crippen molar-refractivity contribution in [1.29, 1.82) is 0 Å². The lowest BCUT2D eigenvalue weighted by Crippen LogP contribution is -2.52. The molecule has 0 saturated carbocycles. The zero-order valence-electron chi connectivity index (χ0n) is 13.7. The second kappa shape index (κ2) is 8.22. The zero-order valence-corrected chi connectivity index (χ0v) is 16.0. The molecule has 1 N–H and O–H groups in total. The molecule has 0 aliphatic carbocycles. The predicted octanol–water partition coefficient (Wildman–Crippen LogP) is 2.94. The van der Waals surface area contributed by atoms with Crippen LogP contribution < -0.4 is 5.32 Å². The maximum atomic E-state index is 12.6. The fourth-order valence-corrected chi connectivity index (χ4v) is 3.38. The molecule has 0 radical (unpaired) electrons. The predicted molar refractivity (Wildman–Crippen MR) is 101 cm³/mol. The summed E-state index contributed by atoms with van der Waals surface area (Å²) in [7, 11) is 0. The van der Waals surface area contributed by atoms with Gasteiger partial charge >= 0.3 is 0 Å². The van der Waals surface area contributed by atoms with E-state index in [1.54, 1.807) is 17.2 Å². The van der Waals surface area contributed by atoms with Crippen LogP contribution in [-0.4, -0.2) is 51.2 Å². The number of rotatable bonds is 3. The first-order valence-electron chi connectivity index (χ1n) is 7.59. The van der Waals surface area contributed by atoms with Crippen LogP contribution in [0.3, 0.4) is 0 Å². The maximum Gasteiger partial charge on any atom is 0.274 e. The van der Waals surface area contributed by atoms with Crippen LogP contribution in [0.15, 0.2) is 24.4 Å². The zero-order chi connectivity index (χ0) is 18.1. The minimum atomic E-state index is -0.578. The van der Waals surface area contributed by atoms with E-state index in [0.29, 0.717) is 12.2 Å². The number of carbonyl (C=O) groups excluding carboxylic acids is 1. The Kier molecular flexibility index (Phi) is 6.46. The SMILES string of the molecule is CC1CNCCN1C(=O)c1ccn(-c2c(Cl)cc([N+](=O)[O-])cc2Cl)n1.Cl. The van der Waals surface area contributed by atoms with Crippen LogP contribution in [0.5, 0.6) is 0 Å². The van der Waals surface area contributed by atoms with Crippen molar-refractivity contribution in [2.45, 2.75) is 13.0 Å². The number of hydrogen-bond donors (Lipinski definition) is 1. The lowest BCUT2D eigenvalue weighted by atomic mass is 10.2. The molecule has 2 heterocycles.